The van der Waals surface area contributed by atoms with Crippen molar-refractivity contribution < 1.29 is 9.59 Å². The van der Waals surface area contributed by atoms with Crippen LogP contribution in [-0.4, -0.2) is 28.7 Å². The van der Waals surface area contributed by atoms with Gasteiger partial charge in [-0.3, -0.25) is 9.59 Å². The third kappa shape index (κ3) is 2.66. The molecule has 2 atom stereocenters. The molecule has 3 heterocycles. The molecule has 5 nitrogen and oxygen atoms in total. The van der Waals surface area contributed by atoms with Gasteiger partial charge in [0.1, 0.15) is 0 Å². The number of aromatic nitrogens is 1. The SMILES string of the molecule is Cc1nc(NC(=O)C2CC(=O)N(C)C2c2cccs2)sc1C. The Labute approximate surface area is 137 Å². The van der Waals surface area contributed by atoms with Crippen LogP contribution in [0.2, 0.25) is 0 Å². The van der Waals surface area contributed by atoms with E-state index < -0.39 is 0 Å². The molecule has 2 aromatic heterocycles. The van der Waals surface area contributed by atoms with Crippen molar-refractivity contribution >= 4 is 39.6 Å². The van der Waals surface area contributed by atoms with Crippen molar-refractivity contribution in [2.75, 3.05) is 12.4 Å². The molecule has 0 aromatic carbocycles. The number of hydrogen-bond acceptors (Lipinski definition) is 5. The van der Waals surface area contributed by atoms with Gasteiger partial charge in [0.05, 0.1) is 17.7 Å². The number of thiazole rings is 1. The molecular formula is C15H17N3O2S2. The number of nitrogens with one attached hydrogen (secondary N) is 1. The first-order chi connectivity index (χ1) is 10.5. The number of carbonyl (C=O) groups excluding carboxylic acids is 2. The van der Waals surface area contributed by atoms with E-state index in [0.717, 1.165) is 15.4 Å². The minimum atomic E-state index is -0.374. The number of hydrogen-bond donors (Lipinski definition) is 1. The highest BCUT2D eigenvalue weighted by Gasteiger charge is 2.43. The highest BCUT2D eigenvalue weighted by atomic mass is 32.1. The van der Waals surface area contributed by atoms with E-state index in [1.54, 1.807) is 23.3 Å². The van der Waals surface area contributed by atoms with Crippen molar-refractivity contribution in [2.45, 2.75) is 26.3 Å². The van der Waals surface area contributed by atoms with E-state index in [9.17, 15) is 9.59 Å². The highest BCUT2D eigenvalue weighted by molar-refractivity contribution is 7.15. The van der Waals surface area contributed by atoms with Crippen LogP contribution in [0.25, 0.3) is 0 Å². The molecule has 1 saturated heterocycles. The van der Waals surface area contributed by atoms with Crippen molar-refractivity contribution in [3.05, 3.63) is 33.0 Å². The van der Waals surface area contributed by atoms with Crippen LogP contribution in [0.4, 0.5) is 5.13 Å². The second kappa shape index (κ2) is 5.81. The summed E-state index contributed by atoms with van der Waals surface area (Å²) in [5, 5.41) is 5.44. The number of aryl methyl sites for hydroxylation is 2. The second-order valence-corrected chi connectivity index (χ2v) is 7.61. The lowest BCUT2D eigenvalue weighted by atomic mass is 9.98. The lowest BCUT2D eigenvalue weighted by molar-refractivity contribution is -0.127. The zero-order chi connectivity index (χ0) is 15.9. The fraction of sp³-hybridized carbons (Fsp3) is 0.400. The third-order valence-corrected chi connectivity index (χ3v) is 5.95. The average molecular weight is 335 g/mol. The fourth-order valence-corrected chi connectivity index (χ4v) is 4.43. The summed E-state index contributed by atoms with van der Waals surface area (Å²) in [6, 6.07) is 3.73. The number of anilines is 1. The van der Waals surface area contributed by atoms with Crippen molar-refractivity contribution in [3.8, 4) is 0 Å². The average Bonchev–Trinajstić information content (AvgIpc) is 3.14. The minimum Gasteiger partial charge on any atom is -0.337 e. The number of carbonyl (C=O) groups is 2. The molecule has 3 rings (SSSR count). The highest BCUT2D eigenvalue weighted by Crippen LogP contribution is 2.39. The Hall–Kier alpha value is -1.73. The largest absolute Gasteiger partial charge is 0.337 e. The summed E-state index contributed by atoms with van der Waals surface area (Å²) in [6.07, 6.45) is 0.244. The topological polar surface area (TPSA) is 62.3 Å². The molecule has 2 unspecified atom stereocenters. The van der Waals surface area contributed by atoms with Crippen LogP contribution >= 0.6 is 22.7 Å². The van der Waals surface area contributed by atoms with Gasteiger partial charge in [0, 0.05) is 23.2 Å². The smallest absolute Gasteiger partial charge is 0.232 e. The first-order valence-corrected chi connectivity index (χ1v) is 8.71. The van der Waals surface area contributed by atoms with E-state index in [1.165, 1.54) is 11.3 Å². The molecule has 116 valence electrons. The van der Waals surface area contributed by atoms with Gasteiger partial charge < -0.3 is 10.2 Å². The van der Waals surface area contributed by atoms with Crippen molar-refractivity contribution in [1.29, 1.82) is 0 Å². The Morgan fingerprint density at radius 2 is 2.23 bits per heavy atom. The van der Waals surface area contributed by atoms with E-state index in [0.29, 0.717) is 5.13 Å². The third-order valence-electron chi connectivity index (χ3n) is 4.02. The predicted molar refractivity (Wildman–Crippen MR) is 88.2 cm³/mol. The van der Waals surface area contributed by atoms with Crippen LogP contribution in [0.1, 0.15) is 27.9 Å². The number of nitrogens with zero attached hydrogens (tertiary/aromatic N) is 2. The van der Waals surface area contributed by atoms with Crippen molar-refractivity contribution in [3.63, 3.8) is 0 Å². The Morgan fingerprint density at radius 3 is 2.82 bits per heavy atom. The van der Waals surface area contributed by atoms with Crippen molar-refractivity contribution in [1.82, 2.24) is 9.88 Å². The first-order valence-electron chi connectivity index (χ1n) is 7.01. The lowest BCUT2D eigenvalue weighted by Gasteiger charge is -2.23. The Morgan fingerprint density at radius 1 is 1.45 bits per heavy atom. The molecule has 0 bridgehead atoms. The summed E-state index contributed by atoms with van der Waals surface area (Å²) in [7, 11) is 1.76. The van der Waals surface area contributed by atoms with Crippen LogP contribution in [0.5, 0.6) is 0 Å². The van der Waals surface area contributed by atoms with Gasteiger partial charge in [-0.15, -0.1) is 22.7 Å². The van der Waals surface area contributed by atoms with Crippen molar-refractivity contribution in [2.24, 2.45) is 5.92 Å². The maximum Gasteiger partial charge on any atom is 0.232 e. The van der Waals surface area contributed by atoms with Crippen LogP contribution in [0, 0.1) is 19.8 Å². The normalized spacial score (nSPS) is 21.4. The van der Waals surface area contributed by atoms with Gasteiger partial charge in [0.25, 0.3) is 0 Å². The number of likely N-dealkylation sites (tertiary alicyclic amines) is 1. The number of amides is 2. The van der Waals surface area contributed by atoms with Gasteiger partial charge in [-0.25, -0.2) is 4.98 Å². The molecule has 1 N–H and O–H groups in total. The Kier molecular flexibility index (Phi) is 4.01. The summed E-state index contributed by atoms with van der Waals surface area (Å²) in [6.45, 7) is 3.90. The van der Waals surface area contributed by atoms with E-state index in [1.807, 2.05) is 31.4 Å². The van der Waals surface area contributed by atoms with Crippen LogP contribution < -0.4 is 5.32 Å². The Bertz CT molecular complexity index is 689. The first kappa shape index (κ1) is 15.2. The second-order valence-electron chi connectivity index (χ2n) is 5.43. The summed E-state index contributed by atoms with van der Waals surface area (Å²) in [4.78, 5) is 32.8. The molecule has 0 radical (unpaired) electrons. The Balaban J connectivity index is 1.82. The molecule has 2 aromatic rings. The lowest BCUT2D eigenvalue weighted by Crippen LogP contribution is -2.29. The van der Waals surface area contributed by atoms with Crippen LogP contribution in [0.15, 0.2) is 17.5 Å². The van der Waals surface area contributed by atoms with E-state index in [4.69, 9.17) is 0 Å². The molecule has 1 aliphatic heterocycles. The summed E-state index contributed by atoms with van der Waals surface area (Å²) >= 11 is 3.04. The zero-order valence-corrected chi connectivity index (χ0v) is 14.3. The number of rotatable bonds is 3. The molecule has 0 saturated carbocycles. The molecule has 1 aliphatic rings. The number of thiophene rings is 1. The molecular weight excluding hydrogens is 318 g/mol. The summed E-state index contributed by atoms with van der Waals surface area (Å²) < 4.78 is 0. The molecule has 22 heavy (non-hydrogen) atoms. The van der Waals surface area contributed by atoms with Gasteiger partial charge in [-0.1, -0.05) is 6.07 Å². The summed E-state index contributed by atoms with van der Waals surface area (Å²) in [5.41, 5.74) is 0.926. The molecule has 1 fully saturated rings. The van der Waals surface area contributed by atoms with Gasteiger partial charge >= 0.3 is 0 Å². The molecule has 0 spiro atoms. The maximum atomic E-state index is 12.6. The quantitative estimate of drug-likeness (QED) is 0.938. The van der Waals surface area contributed by atoms with E-state index in [2.05, 4.69) is 10.3 Å². The fourth-order valence-electron chi connectivity index (χ4n) is 2.68. The minimum absolute atomic E-state index is 0.00468. The van der Waals surface area contributed by atoms with E-state index in [-0.39, 0.29) is 30.2 Å². The predicted octanol–water partition coefficient (Wildman–Crippen LogP) is 2.98. The van der Waals surface area contributed by atoms with Gasteiger partial charge in [-0.2, -0.15) is 0 Å². The molecule has 0 aliphatic carbocycles. The van der Waals surface area contributed by atoms with Gasteiger partial charge in [0.2, 0.25) is 11.8 Å². The van der Waals surface area contributed by atoms with Crippen LogP contribution in [-0.2, 0) is 9.59 Å². The van der Waals surface area contributed by atoms with Gasteiger partial charge in [-0.05, 0) is 25.3 Å². The maximum absolute atomic E-state index is 12.6. The standard InChI is InChI=1S/C15H17N3O2S2/c1-8-9(2)22-15(16-8)17-14(20)10-7-12(19)18(3)13(10)11-5-4-6-21-11/h4-6,10,13H,7H2,1-3H3,(H,16,17,20). The van der Waals surface area contributed by atoms with E-state index >= 15 is 0 Å². The molecule has 7 heteroatoms. The van der Waals surface area contributed by atoms with Gasteiger partial charge in [0.15, 0.2) is 5.13 Å². The zero-order valence-electron chi connectivity index (χ0n) is 12.6. The summed E-state index contributed by atoms with van der Waals surface area (Å²) in [5.74, 6) is -0.504. The molecule has 2 amide bonds. The monoisotopic (exact) mass is 335 g/mol. The van der Waals surface area contributed by atoms with Crippen LogP contribution in [0.3, 0.4) is 0 Å².